The van der Waals surface area contributed by atoms with Crippen molar-refractivity contribution in [1.82, 2.24) is 26.2 Å². The molecule has 0 aliphatic heterocycles. The molecular weight excluding hydrogens is 546 g/mol. The summed E-state index contributed by atoms with van der Waals surface area (Å²) < 4.78 is 0. The lowest BCUT2D eigenvalue weighted by atomic mass is 9.71. The van der Waals surface area contributed by atoms with E-state index in [9.17, 15) is 24.0 Å². The Balaban J connectivity index is -0.000000621. The second-order valence-electron chi connectivity index (χ2n) is 10.7. The van der Waals surface area contributed by atoms with Gasteiger partial charge in [-0.3, -0.25) is 19.2 Å². The molecule has 2 atom stereocenters. The van der Waals surface area contributed by atoms with E-state index in [0.29, 0.717) is 50.6 Å². The fraction of sp³-hybridized carbons (Fsp3) is 0.727. The number of nitrogens with zero attached hydrogens (tertiary/aromatic N) is 1. The van der Waals surface area contributed by atoms with Crippen molar-refractivity contribution in [3.63, 3.8) is 0 Å². The molecule has 10 nitrogen and oxygen atoms in total. The van der Waals surface area contributed by atoms with Gasteiger partial charge in [-0.2, -0.15) is 0 Å². The Morgan fingerprint density at radius 2 is 1.67 bits per heavy atom. The molecule has 0 aromatic heterocycles. The standard InChI is InChI=1S/C16H26N2O3.C11H22N2O.C4H7NO.C2H6/c1-4-5-6-7-10-15(14(2)20)17-16(21)11-8-9-12-18(3)13-19;1-9(13-10(14)12-3)11(2)7-5-4-6-8-11;1-2-3-5-4-6;1-2/h1,13,15H,5-12H2,2-3H3,(H,17,21);9H,4-8H2,1-3H3,(H2,12,13,14);2,4H,1,3H2,(H,5,6);1-2H3. The molecule has 0 spiro atoms. The normalized spacial score (nSPS) is 13.9. The Hall–Kier alpha value is -3.35. The average Bonchev–Trinajstić information content (AvgIpc) is 3.01. The maximum atomic E-state index is 11.8. The molecule has 0 bridgehead atoms. The number of unbranched alkanes of at least 4 members (excludes halogenated alkanes) is 3. The van der Waals surface area contributed by atoms with Gasteiger partial charge < -0.3 is 26.2 Å². The van der Waals surface area contributed by atoms with Gasteiger partial charge in [-0.25, -0.2) is 4.79 Å². The molecule has 0 saturated heterocycles. The third-order valence-corrected chi connectivity index (χ3v) is 7.20. The Morgan fingerprint density at radius 1 is 1.05 bits per heavy atom. The quantitative estimate of drug-likeness (QED) is 0.0820. The van der Waals surface area contributed by atoms with Crippen LogP contribution in [-0.4, -0.2) is 74.7 Å². The van der Waals surface area contributed by atoms with Crippen LogP contribution in [-0.2, 0) is 19.2 Å². The summed E-state index contributed by atoms with van der Waals surface area (Å²) in [6.45, 7) is 14.5. The first-order valence-corrected chi connectivity index (χ1v) is 15.7. The lowest BCUT2D eigenvalue weighted by molar-refractivity contribution is -0.127. The molecule has 1 aliphatic rings. The number of ketones is 1. The van der Waals surface area contributed by atoms with E-state index in [1.165, 1.54) is 39.0 Å². The molecule has 0 aromatic rings. The zero-order valence-corrected chi connectivity index (χ0v) is 28.1. The highest BCUT2D eigenvalue weighted by Crippen LogP contribution is 2.38. The molecule has 248 valence electrons. The van der Waals surface area contributed by atoms with Crippen LogP contribution in [0, 0.1) is 17.8 Å². The SMILES string of the molecule is C#CCCCCC(NC(=O)CCCCN(C)C=O)C(C)=O.C=CCNC=O.CC.CNC(=O)NC(C)C1(C)CCCCC1. The molecule has 43 heavy (non-hydrogen) atoms. The van der Waals surface area contributed by atoms with E-state index >= 15 is 0 Å². The first kappa shape index (κ1) is 44.1. The highest BCUT2D eigenvalue weighted by molar-refractivity contribution is 5.87. The molecule has 0 radical (unpaired) electrons. The monoisotopic (exact) mass is 607 g/mol. The fourth-order valence-corrected chi connectivity index (χ4v) is 4.29. The summed E-state index contributed by atoms with van der Waals surface area (Å²) in [5, 5.41) is 10.8. The number of urea groups is 1. The van der Waals surface area contributed by atoms with Crippen LogP contribution in [0.3, 0.4) is 0 Å². The van der Waals surface area contributed by atoms with Crippen molar-refractivity contribution in [2.24, 2.45) is 5.41 Å². The van der Waals surface area contributed by atoms with E-state index in [-0.39, 0.29) is 23.8 Å². The van der Waals surface area contributed by atoms with Gasteiger partial charge >= 0.3 is 6.03 Å². The Kier molecular flexibility index (Phi) is 30.9. The van der Waals surface area contributed by atoms with Crippen LogP contribution >= 0.6 is 0 Å². The Bertz CT molecular complexity index is 798. The smallest absolute Gasteiger partial charge is 0.314 e. The molecule has 1 saturated carbocycles. The number of hydrogen-bond acceptors (Lipinski definition) is 5. The minimum Gasteiger partial charge on any atom is -0.355 e. The van der Waals surface area contributed by atoms with Crippen LogP contribution < -0.4 is 21.3 Å². The van der Waals surface area contributed by atoms with Gasteiger partial charge in [-0.15, -0.1) is 18.9 Å². The third-order valence-electron chi connectivity index (χ3n) is 7.20. The van der Waals surface area contributed by atoms with Crippen molar-refractivity contribution >= 4 is 30.5 Å². The van der Waals surface area contributed by atoms with Crippen LogP contribution in [0.2, 0.25) is 0 Å². The summed E-state index contributed by atoms with van der Waals surface area (Å²) in [6.07, 6.45) is 19.5. The Morgan fingerprint density at radius 3 is 2.14 bits per heavy atom. The van der Waals surface area contributed by atoms with Gasteiger partial charge in [-0.1, -0.05) is 52.5 Å². The van der Waals surface area contributed by atoms with Crippen molar-refractivity contribution in [3.8, 4) is 12.3 Å². The number of amides is 5. The number of hydrogen-bond donors (Lipinski definition) is 4. The molecule has 2 unspecified atom stereocenters. The van der Waals surface area contributed by atoms with Crippen molar-refractivity contribution in [3.05, 3.63) is 12.7 Å². The summed E-state index contributed by atoms with van der Waals surface area (Å²) in [5.74, 6) is 2.42. The van der Waals surface area contributed by atoms with Crippen LogP contribution in [0.25, 0.3) is 0 Å². The van der Waals surface area contributed by atoms with Gasteiger partial charge in [0.2, 0.25) is 18.7 Å². The molecular formula is C33H61N5O5. The van der Waals surface area contributed by atoms with E-state index in [1.807, 2.05) is 13.8 Å². The zero-order valence-electron chi connectivity index (χ0n) is 28.1. The first-order valence-electron chi connectivity index (χ1n) is 15.7. The number of carbonyl (C=O) groups excluding carboxylic acids is 5. The molecule has 4 N–H and O–H groups in total. The van der Waals surface area contributed by atoms with Crippen molar-refractivity contribution in [1.29, 1.82) is 0 Å². The molecule has 1 fully saturated rings. The molecule has 1 aliphatic carbocycles. The molecule has 0 aromatic carbocycles. The highest BCUT2D eigenvalue weighted by Gasteiger charge is 2.33. The van der Waals surface area contributed by atoms with E-state index < -0.39 is 6.04 Å². The van der Waals surface area contributed by atoms with E-state index in [2.05, 4.69) is 47.6 Å². The maximum Gasteiger partial charge on any atom is 0.314 e. The fourth-order valence-electron chi connectivity index (χ4n) is 4.29. The van der Waals surface area contributed by atoms with Gasteiger partial charge in [0.05, 0.1) is 6.04 Å². The summed E-state index contributed by atoms with van der Waals surface area (Å²) >= 11 is 0. The van der Waals surface area contributed by atoms with Gasteiger partial charge in [0.25, 0.3) is 0 Å². The predicted octanol–water partition coefficient (Wildman–Crippen LogP) is 4.73. The minimum atomic E-state index is -0.409. The zero-order chi connectivity index (χ0) is 33.5. The van der Waals surface area contributed by atoms with Crippen LogP contribution in [0.5, 0.6) is 0 Å². The van der Waals surface area contributed by atoms with Gasteiger partial charge in [0.1, 0.15) is 0 Å². The summed E-state index contributed by atoms with van der Waals surface area (Å²) in [7, 11) is 3.36. The van der Waals surface area contributed by atoms with Gasteiger partial charge in [0.15, 0.2) is 5.78 Å². The molecule has 1 rings (SSSR count). The van der Waals surface area contributed by atoms with Crippen LogP contribution in [0.15, 0.2) is 12.7 Å². The number of carbonyl (C=O) groups is 5. The summed E-state index contributed by atoms with van der Waals surface area (Å²) in [5.41, 5.74) is 0.296. The number of nitrogens with one attached hydrogen (secondary N) is 4. The number of terminal acetylenes is 1. The van der Waals surface area contributed by atoms with Gasteiger partial charge in [-0.05, 0) is 57.8 Å². The van der Waals surface area contributed by atoms with Gasteiger partial charge in [0, 0.05) is 46.1 Å². The molecule has 5 amide bonds. The third kappa shape index (κ3) is 26.0. The average molecular weight is 608 g/mol. The van der Waals surface area contributed by atoms with Crippen molar-refractivity contribution < 1.29 is 24.0 Å². The maximum absolute atomic E-state index is 11.8. The van der Waals surface area contributed by atoms with E-state index in [0.717, 1.165) is 25.7 Å². The highest BCUT2D eigenvalue weighted by atomic mass is 16.2. The first-order chi connectivity index (χ1) is 20.5. The van der Waals surface area contributed by atoms with Crippen molar-refractivity contribution in [2.75, 3.05) is 27.2 Å². The second-order valence-corrected chi connectivity index (χ2v) is 10.7. The number of rotatable bonds is 17. The summed E-state index contributed by atoms with van der Waals surface area (Å²) in [4.78, 5) is 55.8. The molecule has 10 heteroatoms. The lowest BCUT2D eigenvalue weighted by Crippen LogP contribution is -2.48. The summed E-state index contributed by atoms with van der Waals surface area (Å²) in [6, 6.07) is -0.208. The minimum absolute atomic E-state index is 0.0234. The molecule has 0 heterocycles. The number of Topliss-reactive ketones (excluding diaryl/α,β-unsaturated/α-hetero) is 1. The predicted molar refractivity (Wildman–Crippen MR) is 176 cm³/mol. The Labute approximate surface area is 262 Å². The van der Waals surface area contributed by atoms with E-state index in [1.54, 1.807) is 25.1 Å². The van der Waals surface area contributed by atoms with Crippen LogP contribution in [0.1, 0.15) is 112 Å². The largest absolute Gasteiger partial charge is 0.355 e. The lowest BCUT2D eigenvalue weighted by Gasteiger charge is -2.39. The van der Waals surface area contributed by atoms with Crippen LogP contribution in [0.4, 0.5) is 4.79 Å². The van der Waals surface area contributed by atoms with E-state index in [4.69, 9.17) is 6.42 Å². The van der Waals surface area contributed by atoms with Crippen molar-refractivity contribution in [2.45, 2.75) is 124 Å². The topological polar surface area (TPSA) is 137 Å². The second kappa shape index (κ2) is 30.1.